The lowest BCUT2D eigenvalue weighted by Gasteiger charge is -2.22. The van der Waals surface area contributed by atoms with E-state index in [9.17, 15) is 4.79 Å². The van der Waals surface area contributed by atoms with Crippen LogP contribution < -0.4 is 5.73 Å². The molecule has 1 saturated carbocycles. The van der Waals surface area contributed by atoms with Crippen LogP contribution in [-0.2, 0) is 0 Å². The van der Waals surface area contributed by atoms with Gasteiger partial charge in [-0.3, -0.25) is 9.78 Å². The summed E-state index contributed by atoms with van der Waals surface area (Å²) in [4.78, 5) is 19.2. The zero-order chi connectivity index (χ0) is 14.1. The van der Waals surface area contributed by atoms with E-state index >= 15 is 0 Å². The van der Waals surface area contributed by atoms with Gasteiger partial charge in [-0.2, -0.15) is 0 Å². The fraction of sp³-hybridized carbons (Fsp3) is 0.375. The highest BCUT2D eigenvalue weighted by molar-refractivity contribution is 6.06. The van der Waals surface area contributed by atoms with Crippen LogP contribution in [-0.4, -0.2) is 34.9 Å². The van der Waals surface area contributed by atoms with Crippen molar-refractivity contribution in [2.75, 3.05) is 13.1 Å². The number of nitrogens with zero attached hydrogens (tertiary/aromatic N) is 2. The van der Waals surface area contributed by atoms with Crippen molar-refractivity contribution in [2.45, 2.75) is 25.8 Å². The first-order valence-corrected chi connectivity index (χ1v) is 7.08. The number of aryl methyl sites for hydroxylation is 1. The lowest BCUT2D eigenvalue weighted by Crippen LogP contribution is -2.37. The third kappa shape index (κ3) is 2.39. The highest BCUT2D eigenvalue weighted by atomic mass is 16.2. The number of carbonyl (C=O) groups is 1. The fourth-order valence-electron chi connectivity index (χ4n) is 2.61. The van der Waals surface area contributed by atoms with Gasteiger partial charge in [0, 0.05) is 30.2 Å². The van der Waals surface area contributed by atoms with Gasteiger partial charge in [0.05, 0.1) is 11.1 Å². The van der Waals surface area contributed by atoms with Crippen LogP contribution in [0.3, 0.4) is 0 Å². The van der Waals surface area contributed by atoms with E-state index in [1.54, 1.807) is 0 Å². The van der Waals surface area contributed by atoms with E-state index in [-0.39, 0.29) is 5.91 Å². The summed E-state index contributed by atoms with van der Waals surface area (Å²) in [6.07, 6.45) is 2.18. The van der Waals surface area contributed by atoms with Crippen LogP contribution in [0.15, 0.2) is 30.3 Å². The predicted molar refractivity (Wildman–Crippen MR) is 79.6 cm³/mol. The maximum absolute atomic E-state index is 12.8. The molecule has 0 saturated heterocycles. The Morgan fingerprint density at radius 1 is 1.40 bits per heavy atom. The fourth-order valence-corrected chi connectivity index (χ4v) is 2.61. The molecular weight excluding hydrogens is 250 g/mol. The number of amides is 1. The van der Waals surface area contributed by atoms with E-state index in [1.165, 1.54) is 0 Å². The molecule has 2 aromatic rings. The quantitative estimate of drug-likeness (QED) is 0.924. The molecular formula is C16H19N3O. The summed E-state index contributed by atoms with van der Waals surface area (Å²) in [7, 11) is 0. The van der Waals surface area contributed by atoms with Crippen molar-refractivity contribution in [3.05, 3.63) is 41.6 Å². The molecule has 0 unspecified atom stereocenters. The molecule has 0 aliphatic heterocycles. The third-order valence-electron chi connectivity index (χ3n) is 3.69. The van der Waals surface area contributed by atoms with Crippen LogP contribution in [0.25, 0.3) is 10.9 Å². The molecule has 1 aromatic heterocycles. The molecule has 20 heavy (non-hydrogen) atoms. The Labute approximate surface area is 118 Å². The third-order valence-corrected chi connectivity index (χ3v) is 3.69. The molecule has 0 bridgehead atoms. The first-order valence-electron chi connectivity index (χ1n) is 7.08. The summed E-state index contributed by atoms with van der Waals surface area (Å²) in [5, 5.41) is 0.922. The normalized spacial score (nSPS) is 14.5. The van der Waals surface area contributed by atoms with Crippen molar-refractivity contribution in [1.82, 2.24) is 9.88 Å². The highest BCUT2D eigenvalue weighted by Crippen LogP contribution is 2.29. The Balaban J connectivity index is 2.06. The standard InChI is InChI=1S/C16H19N3O/c1-11-10-14(13-4-2-3-5-15(13)18-11)16(20)19(9-8-17)12-6-7-12/h2-5,10,12H,6-9,17H2,1H3. The molecule has 1 aromatic carbocycles. The minimum atomic E-state index is 0.0830. The monoisotopic (exact) mass is 269 g/mol. The van der Waals surface area contributed by atoms with E-state index in [1.807, 2.05) is 42.2 Å². The Kier molecular flexibility index (Phi) is 3.40. The van der Waals surface area contributed by atoms with E-state index < -0.39 is 0 Å². The average molecular weight is 269 g/mol. The Bertz CT molecular complexity index is 649. The summed E-state index contributed by atoms with van der Waals surface area (Å²) in [6, 6.07) is 10.1. The van der Waals surface area contributed by atoms with Crippen LogP contribution in [0.4, 0.5) is 0 Å². The van der Waals surface area contributed by atoms with Gasteiger partial charge in [-0.25, -0.2) is 0 Å². The van der Waals surface area contributed by atoms with Crippen molar-refractivity contribution in [3.8, 4) is 0 Å². The predicted octanol–water partition coefficient (Wildman–Crippen LogP) is 2.11. The van der Waals surface area contributed by atoms with Gasteiger partial charge in [0.25, 0.3) is 5.91 Å². The number of fused-ring (bicyclic) bond motifs is 1. The second kappa shape index (κ2) is 5.21. The van der Waals surface area contributed by atoms with Gasteiger partial charge in [0.1, 0.15) is 0 Å². The first kappa shape index (κ1) is 13.1. The molecule has 0 atom stereocenters. The summed E-state index contributed by atoms with van der Waals surface area (Å²) < 4.78 is 0. The molecule has 104 valence electrons. The summed E-state index contributed by atoms with van der Waals surface area (Å²) in [5.41, 5.74) is 8.14. The summed E-state index contributed by atoms with van der Waals surface area (Å²) in [6.45, 7) is 3.05. The lowest BCUT2D eigenvalue weighted by atomic mass is 10.1. The zero-order valence-corrected chi connectivity index (χ0v) is 11.7. The number of hydrogen-bond acceptors (Lipinski definition) is 3. The van der Waals surface area contributed by atoms with E-state index in [0.717, 1.165) is 35.0 Å². The van der Waals surface area contributed by atoms with Crippen LogP contribution in [0, 0.1) is 6.92 Å². The number of aromatic nitrogens is 1. The number of rotatable bonds is 4. The average Bonchev–Trinajstić information content (AvgIpc) is 3.27. The summed E-state index contributed by atoms with van der Waals surface area (Å²) in [5.74, 6) is 0.0830. The molecule has 0 spiro atoms. The second-order valence-electron chi connectivity index (χ2n) is 5.35. The molecule has 1 fully saturated rings. The SMILES string of the molecule is Cc1cc(C(=O)N(CCN)C2CC2)c2ccccc2n1. The van der Waals surface area contributed by atoms with Gasteiger partial charge in [0.15, 0.2) is 0 Å². The lowest BCUT2D eigenvalue weighted by molar-refractivity contribution is 0.0750. The summed E-state index contributed by atoms with van der Waals surface area (Å²) >= 11 is 0. The largest absolute Gasteiger partial charge is 0.334 e. The number of benzene rings is 1. The molecule has 1 heterocycles. The van der Waals surface area contributed by atoms with Gasteiger partial charge in [-0.15, -0.1) is 0 Å². The molecule has 4 heteroatoms. The van der Waals surface area contributed by atoms with Crippen LogP contribution >= 0.6 is 0 Å². The molecule has 0 radical (unpaired) electrons. The van der Waals surface area contributed by atoms with Gasteiger partial charge in [-0.1, -0.05) is 18.2 Å². The van der Waals surface area contributed by atoms with Crippen LogP contribution in [0.5, 0.6) is 0 Å². The van der Waals surface area contributed by atoms with Crippen molar-refractivity contribution in [2.24, 2.45) is 5.73 Å². The molecule has 1 amide bonds. The highest BCUT2D eigenvalue weighted by Gasteiger charge is 2.33. The zero-order valence-electron chi connectivity index (χ0n) is 11.7. The van der Waals surface area contributed by atoms with Crippen molar-refractivity contribution in [3.63, 3.8) is 0 Å². The number of pyridine rings is 1. The molecule has 2 N–H and O–H groups in total. The Hall–Kier alpha value is -1.94. The van der Waals surface area contributed by atoms with E-state index in [2.05, 4.69) is 4.98 Å². The smallest absolute Gasteiger partial charge is 0.254 e. The van der Waals surface area contributed by atoms with E-state index in [4.69, 9.17) is 5.73 Å². The number of nitrogens with two attached hydrogens (primary N) is 1. The maximum atomic E-state index is 12.8. The maximum Gasteiger partial charge on any atom is 0.254 e. The first-order chi connectivity index (χ1) is 9.70. The topological polar surface area (TPSA) is 59.2 Å². The van der Waals surface area contributed by atoms with Gasteiger partial charge >= 0.3 is 0 Å². The number of hydrogen-bond donors (Lipinski definition) is 1. The minimum Gasteiger partial charge on any atom is -0.334 e. The van der Waals surface area contributed by atoms with Gasteiger partial charge in [0.2, 0.25) is 0 Å². The molecule has 4 nitrogen and oxygen atoms in total. The molecule has 3 rings (SSSR count). The minimum absolute atomic E-state index is 0.0830. The van der Waals surface area contributed by atoms with Crippen LogP contribution in [0.1, 0.15) is 28.9 Å². The van der Waals surface area contributed by atoms with Gasteiger partial charge < -0.3 is 10.6 Å². The Morgan fingerprint density at radius 3 is 2.85 bits per heavy atom. The van der Waals surface area contributed by atoms with Crippen LogP contribution in [0.2, 0.25) is 0 Å². The number of para-hydroxylation sites is 1. The molecule has 1 aliphatic carbocycles. The van der Waals surface area contributed by atoms with Crippen molar-refractivity contribution < 1.29 is 4.79 Å². The number of carbonyl (C=O) groups excluding carboxylic acids is 1. The molecule has 1 aliphatic rings. The van der Waals surface area contributed by atoms with E-state index in [0.29, 0.717) is 19.1 Å². The van der Waals surface area contributed by atoms with Gasteiger partial charge in [-0.05, 0) is 31.9 Å². The van der Waals surface area contributed by atoms with Crippen molar-refractivity contribution in [1.29, 1.82) is 0 Å². The van der Waals surface area contributed by atoms with Crippen molar-refractivity contribution >= 4 is 16.8 Å². The Morgan fingerprint density at radius 2 is 2.15 bits per heavy atom. The second-order valence-corrected chi connectivity index (χ2v) is 5.35.